The van der Waals surface area contributed by atoms with Crippen LogP contribution in [0.5, 0.6) is 5.75 Å². The molecule has 1 aromatic rings. The molecule has 7 nitrogen and oxygen atoms in total. The highest BCUT2D eigenvalue weighted by atomic mass is 16.6. The van der Waals surface area contributed by atoms with Crippen molar-refractivity contribution in [3.05, 3.63) is 18.2 Å². The second-order valence-corrected chi connectivity index (χ2v) is 5.71. The average Bonchev–Trinajstić information content (AvgIpc) is 3.10. The monoisotopic (exact) mass is 303 g/mol. The summed E-state index contributed by atoms with van der Waals surface area (Å²) in [5.41, 5.74) is 7.12. The van der Waals surface area contributed by atoms with Gasteiger partial charge < -0.3 is 20.1 Å². The molecule has 2 saturated heterocycles. The minimum atomic E-state index is -0.394. The van der Waals surface area contributed by atoms with Gasteiger partial charge in [-0.2, -0.15) is 0 Å². The van der Waals surface area contributed by atoms with Gasteiger partial charge in [0.2, 0.25) is 5.91 Å². The first-order chi connectivity index (χ1) is 10.7. The second kappa shape index (κ2) is 4.88. The molecule has 4 rings (SSSR count). The highest BCUT2D eigenvalue weighted by Crippen LogP contribution is 2.41. The van der Waals surface area contributed by atoms with Crippen molar-refractivity contribution in [3.8, 4) is 5.75 Å². The van der Waals surface area contributed by atoms with E-state index in [1.54, 1.807) is 9.80 Å². The number of anilines is 2. The summed E-state index contributed by atoms with van der Waals surface area (Å²) in [7, 11) is 0. The Morgan fingerprint density at radius 1 is 1.32 bits per heavy atom. The minimum absolute atomic E-state index is 0.123. The summed E-state index contributed by atoms with van der Waals surface area (Å²) in [6.45, 7) is 1.34. The Bertz CT molecular complexity index is 648. The molecule has 2 atom stereocenters. The summed E-state index contributed by atoms with van der Waals surface area (Å²) >= 11 is 0. The molecule has 0 aromatic heterocycles. The lowest BCUT2D eigenvalue weighted by molar-refractivity contribution is -0.117. The van der Waals surface area contributed by atoms with Gasteiger partial charge in [-0.05, 0) is 18.6 Å². The van der Waals surface area contributed by atoms with Gasteiger partial charge in [-0.15, -0.1) is 0 Å². The van der Waals surface area contributed by atoms with Crippen LogP contribution in [0.25, 0.3) is 0 Å². The van der Waals surface area contributed by atoms with E-state index in [4.69, 9.17) is 15.2 Å². The molecule has 2 fully saturated rings. The van der Waals surface area contributed by atoms with E-state index >= 15 is 0 Å². The number of hydrogen-bond donors (Lipinski definition) is 1. The van der Waals surface area contributed by atoms with Gasteiger partial charge >= 0.3 is 6.09 Å². The van der Waals surface area contributed by atoms with Crippen LogP contribution in [0.2, 0.25) is 0 Å². The fourth-order valence-corrected chi connectivity index (χ4v) is 3.31. The van der Waals surface area contributed by atoms with Gasteiger partial charge in [-0.3, -0.25) is 9.69 Å². The number of nitrogens with two attached hydrogens (primary N) is 1. The largest absolute Gasteiger partial charge is 0.489 e. The lowest BCUT2D eigenvalue weighted by Gasteiger charge is -2.31. The van der Waals surface area contributed by atoms with Crippen molar-refractivity contribution in [1.82, 2.24) is 0 Å². The molecule has 0 unspecified atom stereocenters. The van der Waals surface area contributed by atoms with E-state index in [0.29, 0.717) is 24.5 Å². The van der Waals surface area contributed by atoms with Crippen LogP contribution in [0.3, 0.4) is 0 Å². The third-order valence-corrected chi connectivity index (χ3v) is 4.44. The van der Waals surface area contributed by atoms with E-state index in [1.807, 2.05) is 18.2 Å². The van der Waals surface area contributed by atoms with Gasteiger partial charge in [-0.1, -0.05) is 0 Å². The summed E-state index contributed by atoms with van der Waals surface area (Å²) in [6, 6.07) is 5.28. The number of carbonyl (C=O) groups is 2. The molecule has 3 aliphatic heterocycles. The Morgan fingerprint density at radius 3 is 2.91 bits per heavy atom. The number of hydrogen-bond acceptors (Lipinski definition) is 5. The van der Waals surface area contributed by atoms with Crippen molar-refractivity contribution >= 4 is 23.4 Å². The number of cyclic esters (lactones) is 1. The summed E-state index contributed by atoms with van der Waals surface area (Å²) in [6.07, 6.45) is 0.710. The van der Waals surface area contributed by atoms with E-state index in [2.05, 4.69) is 0 Å². The van der Waals surface area contributed by atoms with Crippen LogP contribution in [0.1, 0.15) is 12.8 Å². The molecule has 3 heterocycles. The zero-order chi connectivity index (χ0) is 15.3. The molecular weight excluding hydrogens is 286 g/mol. The predicted octanol–water partition coefficient (Wildman–Crippen LogP) is 0.858. The molecule has 116 valence electrons. The summed E-state index contributed by atoms with van der Waals surface area (Å²) in [5, 5.41) is 0. The van der Waals surface area contributed by atoms with E-state index < -0.39 is 6.09 Å². The third kappa shape index (κ3) is 1.85. The first kappa shape index (κ1) is 13.4. The SMILES string of the molecule is NC[C@@H]1OC(=O)N2c3ccc(N4CCCC4=O)cc3OC[C@@H]12. The fraction of sp³-hybridized carbons (Fsp3) is 0.467. The van der Waals surface area contributed by atoms with Gasteiger partial charge in [0.1, 0.15) is 24.5 Å². The van der Waals surface area contributed by atoms with Gasteiger partial charge in [0.25, 0.3) is 0 Å². The molecule has 3 aliphatic rings. The van der Waals surface area contributed by atoms with Gasteiger partial charge in [-0.25, -0.2) is 4.79 Å². The topological polar surface area (TPSA) is 85.1 Å². The molecule has 22 heavy (non-hydrogen) atoms. The van der Waals surface area contributed by atoms with Crippen molar-refractivity contribution in [3.63, 3.8) is 0 Å². The van der Waals surface area contributed by atoms with E-state index in [9.17, 15) is 9.59 Å². The normalized spacial score (nSPS) is 26.6. The van der Waals surface area contributed by atoms with E-state index in [-0.39, 0.29) is 24.6 Å². The molecule has 0 aliphatic carbocycles. The Kier molecular flexibility index (Phi) is 2.97. The van der Waals surface area contributed by atoms with Crippen molar-refractivity contribution in [2.45, 2.75) is 25.0 Å². The molecule has 0 spiro atoms. The third-order valence-electron chi connectivity index (χ3n) is 4.44. The molecular formula is C15H17N3O4. The Morgan fingerprint density at radius 2 is 2.18 bits per heavy atom. The number of rotatable bonds is 2. The molecule has 0 saturated carbocycles. The van der Waals surface area contributed by atoms with E-state index in [0.717, 1.165) is 18.7 Å². The van der Waals surface area contributed by atoms with Crippen molar-refractivity contribution < 1.29 is 19.1 Å². The average molecular weight is 303 g/mol. The summed E-state index contributed by atoms with van der Waals surface area (Å²) in [4.78, 5) is 27.3. The zero-order valence-corrected chi connectivity index (χ0v) is 12.0. The van der Waals surface area contributed by atoms with E-state index in [1.165, 1.54) is 0 Å². The Labute approximate surface area is 127 Å². The standard InChI is InChI=1S/C15H17N3O4/c16-7-13-11-8-21-12-6-9(17-5-1-2-14(17)19)3-4-10(12)18(11)15(20)22-13/h3-4,6,11,13H,1-2,5,7-8,16H2/t11-,13-/m0/s1. The second-order valence-electron chi connectivity index (χ2n) is 5.71. The van der Waals surface area contributed by atoms with Crippen LogP contribution in [0, 0.1) is 0 Å². The van der Waals surface area contributed by atoms with Gasteiger partial charge in [0.15, 0.2) is 0 Å². The molecule has 1 aromatic carbocycles. The first-order valence-electron chi connectivity index (χ1n) is 7.46. The summed E-state index contributed by atoms with van der Waals surface area (Å²) in [5.74, 6) is 0.723. The maximum Gasteiger partial charge on any atom is 0.415 e. The van der Waals surface area contributed by atoms with Crippen LogP contribution in [-0.2, 0) is 9.53 Å². The highest BCUT2D eigenvalue weighted by Gasteiger charge is 2.46. The molecule has 0 bridgehead atoms. The molecule has 2 N–H and O–H groups in total. The Balaban J connectivity index is 1.68. The first-order valence-corrected chi connectivity index (χ1v) is 7.46. The number of fused-ring (bicyclic) bond motifs is 3. The minimum Gasteiger partial charge on any atom is -0.489 e. The van der Waals surface area contributed by atoms with Gasteiger partial charge in [0, 0.05) is 31.3 Å². The highest BCUT2D eigenvalue weighted by molar-refractivity contribution is 5.97. The van der Waals surface area contributed by atoms with Crippen molar-refractivity contribution in [2.75, 3.05) is 29.5 Å². The Hall–Kier alpha value is -2.28. The molecule has 0 radical (unpaired) electrons. The van der Waals surface area contributed by atoms with Crippen LogP contribution >= 0.6 is 0 Å². The van der Waals surface area contributed by atoms with Gasteiger partial charge in [0.05, 0.1) is 5.69 Å². The zero-order valence-electron chi connectivity index (χ0n) is 12.0. The lowest BCUT2D eigenvalue weighted by atomic mass is 10.1. The lowest BCUT2D eigenvalue weighted by Crippen LogP contribution is -2.46. The van der Waals surface area contributed by atoms with Crippen LogP contribution in [-0.4, -0.2) is 43.8 Å². The number of amides is 2. The smallest absolute Gasteiger partial charge is 0.415 e. The quantitative estimate of drug-likeness (QED) is 0.876. The maximum absolute atomic E-state index is 12.1. The van der Waals surface area contributed by atoms with Crippen molar-refractivity contribution in [2.24, 2.45) is 5.73 Å². The number of benzene rings is 1. The number of nitrogens with zero attached hydrogens (tertiary/aromatic N) is 2. The maximum atomic E-state index is 12.1. The van der Waals surface area contributed by atoms with Crippen LogP contribution in [0.4, 0.5) is 16.2 Å². The van der Waals surface area contributed by atoms with Crippen LogP contribution in [0.15, 0.2) is 18.2 Å². The fourth-order valence-electron chi connectivity index (χ4n) is 3.31. The molecule has 7 heteroatoms. The summed E-state index contributed by atoms with van der Waals surface area (Å²) < 4.78 is 11.1. The predicted molar refractivity (Wildman–Crippen MR) is 79.1 cm³/mol. The number of ether oxygens (including phenoxy) is 2. The number of carbonyl (C=O) groups excluding carboxylic acids is 2. The molecule has 2 amide bonds. The van der Waals surface area contributed by atoms with Crippen molar-refractivity contribution in [1.29, 1.82) is 0 Å². The van der Waals surface area contributed by atoms with Crippen LogP contribution < -0.4 is 20.3 Å².